The highest BCUT2D eigenvalue weighted by Crippen LogP contribution is 2.38. The van der Waals surface area contributed by atoms with Crippen molar-refractivity contribution in [3.63, 3.8) is 0 Å². The first-order valence-corrected chi connectivity index (χ1v) is 10.3. The Morgan fingerprint density at radius 1 is 1.23 bits per heavy atom. The number of halogens is 1. The van der Waals surface area contributed by atoms with E-state index in [4.69, 9.17) is 10.1 Å². The number of fused-ring (bicyclic) bond motifs is 6. The first-order valence-electron chi connectivity index (χ1n) is 9.46. The number of hydrogen-bond acceptors (Lipinski definition) is 4. The van der Waals surface area contributed by atoms with Crippen molar-refractivity contribution < 1.29 is 14.6 Å². The predicted octanol–water partition coefficient (Wildman–Crippen LogP) is 5.15. The van der Waals surface area contributed by atoms with Gasteiger partial charge in [0.15, 0.2) is 0 Å². The monoisotopic (exact) mass is 464 g/mol. The molecule has 0 aliphatic carbocycles. The highest BCUT2D eigenvalue weighted by molar-refractivity contribution is 9.10. The molecule has 4 aromatic rings. The second kappa shape index (κ2) is 6.67. The molecule has 0 atom stereocenters. The molecule has 0 saturated carbocycles. The summed E-state index contributed by atoms with van der Waals surface area (Å²) in [5, 5.41) is 12.1. The van der Waals surface area contributed by atoms with Crippen LogP contribution < -0.4 is 5.56 Å². The highest BCUT2D eigenvalue weighted by Gasteiger charge is 2.27. The van der Waals surface area contributed by atoms with Gasteiger partial charge in [0.1, 0.15) is 6.61 Å². The summed E-state index contributed by atoms with van der Waals surface area (Å²) < 4.78 is 7.32. The smallest absolute Gasteiger partial charge is 0.450 e. The molecule has 0 unspecified atom stereocenters. The van der Waals surface area contributed by atoms with E-state index in [1.54, 1.807) is 11.5 Å². The molecule has 0 amide bonds. The molecule has 1 N–H and O–H groups in total. The molecule has 0 saturated heterocycles. The number of nitrogens with zero attached hydrogens (tertiary/aromatic N) is 2. The van der Waals surface area contributed by atoms with E-state index >= 15 is 0 Å². The molecule has 6 nitrogen and oxygen atoms in total. The van der Waals surface area contributed by atoms with E-state index in [2.05, 4.69) is 45.8 Å². The van der Waals surface area contributed by atoms with Crippen molar-refractivity contribution in [1.82, 2.24) is 9.55 Å². The van der Waals surface area contributed by atoms with Crippen LogP contribution in [0.15, 0.2) is 45.7 Å². The molecular weight excluding hydrogens is 448 g/mol. The maximum absolute atomic E-state index is 13.1. The summed E-state index contributed by atoms with van der Waals surface area (Å²) in [7, 11) is 0. The highest BCUT2D eigenvalue weighted by atomic mass is 79.9. The quantitative estimate of drug-likeness (QED) is 0.288. The minimum absolute atomic E-state index is 0.236. The number of carboxylic acid groups (broad SMARTS) is 1. The van der Waals surface area contributed by atoms with Crippen molar-refractivity contribution >= 4 is 43.8 Å². The van der Waals surface area contributed by atoms with E-state index in [1.165, 1.54) is 0 Å². The summed E-state index contributed by atoms with van der Waals surface area (Å²) in [6.45, 7) is 4.01. The van der Waals surface area contributed by atoms with E-state index in [0.717, 1.165) is 48.7 Å². The topological polar surface area (TPSA) is 81.4 Å². The van der Waals surface area contributed by atoms with Gasteiger partial charge in [0.2, 0.25) is 0 Å². The molecule has 0 spiro atoms. The Morgan fingerprint density at radius 2 is 2.00 bits per heavy atom. The standard InChI is InChI=1S/C23H17BrN2O4/c1-11-7-19-21-16(9-26(19)22(27)17(11)10-30-23(28)29)12(2)20-15-8-14(24)5-3-13(15)4-6-18(20)25-21/h3-8H,9-10H2,1-2H3,(H,28,29). The molecule has 0 bridgehead atoms. The van der Waals surface area contributed by atoms with Crippen LogP contribution in [0.1, 0.15) is 22.3 Å². The summed E-state index contributed by atoms with van der Waals surface area (Å²) in [6, 6.07) is 12.2. The van der Waals surface area contributed by atoms with Crippen molar-refractivity contribution in [2.75, 3.05) is 0 Å². The zero-order valence-electron chi connectivity index (χ0n) is 16.3. The molecular formula is C23H17BrN2O4. The molecule has 0 fully saturated rings. The maximum atomic E-state index is 13.1. The van der Waals surface area contributed by atoms with Crippen LogP contribution >= 0.6 is 15.9 Å². The van der Waals surface area contributed by atoms with Crippen molar-refractivity contribution in [3.05, 3.63) is 73.5 Å². The average Bonchev–Trinajstić information content (AvgIpc) is 3.06. The molecule has 30 heavy (non-hydrogen) atoms. The van der Waals surface area contributed by atoms with E-state index in [-0.39, 0.29) is 12.2 Å². The van der Waals surface area contributed by atoms with Crippen LogP contribution in [0.5, 0.6) is 0 Å². The third kappa shape index (κ3) is 2.73. The van der Waals surface area contributed by atoms with E-state index < -0.39 is 6.16 Å². The van der Waals surface area contributed by atoms with Crippen LogP contribution in [0.3, 0.4) is 0 Å². The summed E-state index contributed by atoms with van der Waals surface area (Å²) >= 11 is 3.56. The number of hydrogen-bond donors (Lipinski definition) is 1. The normalized spacial score (nSPS) is 12.2. The van der Waals surface area contributed by atoms with Crippen molar-refractivity contribution in [1.29, 1.82) is 0 Å². The van der Waals surface area contributed by atoms with E-state index in [0.29, 0.717) is 17.7 Å². The number of pyridine rings is 2. The van der Waals surface area contributed by atoms with Crippen LogP contribution in [0.2, 0.25) is 0 Å². The minimum Gasteiger partial charge on any atom is -0.450 e. The Hall–Kier alpha value is -3.19. The van der Waals surface area contributed by atoms with Gasteiger partial charge >= 0.3 is 6.16 Å². The van der Waals surface area contributed by atoms with Gasteiger partial charge < -0.3 is 14.4 Å². The Bertz CT molecular complexity index is 1460. The molecule has 7 heteroatoms. The summed E-state index contributed by atoms with van der Waals surface area (Å²) in [6.07, 6.45) is -1.40. The fourth-order valence-electron chi connectivity index (χ4n) is 4.32. The average molecular weight is 465 g/mol. The second-order valence-corrected chi connectivity index (χ2v) is 8.44. The zero-order valence-corrected chi connectivity index (χ0v) is 17.9. The van der Waals surface area contributed by atoms with Crippen LogP contribution in [-0.2, 0) is 17.9 Å². The van der Waals surface area contributed by atoms with Crippen molar-refractivity contribution in [3.8, 4) is 11.4 Å². The molecule has 5 rings (SSSR count). The maximum Gasteiger partial charge on any atom is 0.506 e. The molecule has 150 valence electrons. The molecule has 3 heterocycles. The van der Waals surface area contributed by atoms with E-state index in [9.17, 15) is 9.59 Å². The Morgan fingerprint density at radius 3 is 2.77 bits per heavy atom. The third-order valence-corrected chi connectivity index (χ3v) is 6.32. The lowest BCUT2D eigenvalue weighted by Crippen LogP contribution is -2.25. The van der Waals surface area contributed by atoms with Crippen LogP contribution in [0.25, 0.3) is 33.1 Å². The van der Waals surface area contributed by atoms with Gasteiger partial charge in [-0.3, -0.25) is 4.79 Å². The van der Waals surface area contributed by atoms with Gasteiger partial charge in [-0.1, -0.05) is 28.1 Å². The SMILES string of the molecule is Cc1cc2n(c(=O)c1COC(=O)O)Cc1c-2nc2ccc3ccc(Br)cc3c2c1C. The number of aryl methyl sites for hydroxylation is 2. The Balaban J connectivity index is 1.75. The van der Waals surface area contributed by atoms with Gasteiger partial charge in [-0.15, -0.1) is 0 Å². The van der Waals surface area contributed by atoms with Crippen LogP contribution in [0, 0.1) is 13.8 Å². The lowest BCUT2D eigenvalue weighted by Gasteiger charge is -2.11. The Labute approximate surface area is 179 Å². The fourth-order valence-corrected chi connectivity index (χ4v) is 4.68. The summed E-state index contributed by atoms with van der Waals surface area (Å²) in [5.74, 6) is 0. The van der Waals surface area contributed by atoms with Crippen LogP contribution in [0.4, 0.5) is 4.79 Å². The van der Waals surface area contributed by atoms with Crippen molar-refractivity contribution in [2.24, 2.45) is 0 Å². The van der Waals surface area contributed by atoms with Gasteiger partial charge in [0.25, 0.3) is 5.56 Å². The second-order valence-electron chi connectivity index (χ2n) is 7.53. The summed E-state index contributed by atoms with van der Waals surface area (Å²) in [5.41, 5.74) is 5.37. The van der Waals surface area contributed by atoms with Crippen LogP contribution in [-0.4, -0.2) is 20.8 Å². The lowest BCUT2D eigenvalue weighted by atomic mass is 9.97. The molecule has 0 radical (unpaired) electrons. The molecule has 2 aromatic heterocycles. The van der Waals surface area contributed by atoms with Gasteiger partial charge in [-0.05, 0) is 60.0 Å². The number of ether oxygens (including phenoxy) is 1. The first kappa shape index (κ1) is 18.8. The predicted molar refractivity (Wildman–Crippen MR) is 118 cm³/mol. The van der Waals surface area contributed by atoms with Gasteiger partial charge in [0, 0.05) is 15.4 Å². The zero-order chi connectivity index (χ0) is 21.2. The first-order chi connectivity index (χ1) is 14.3. The van der Waals surface area contributed by atoms with E-state index in [1.807, 2.05) is 18.2 Å². The number of benzene rings is 2. The van der Waals surface area contributed by atoms with Crippen molar-refractivity contribution in [2.45, 2.75) is 27.0 Å². The van der Waals surface area contributed by atoms with Gasteiger partial charge in [-0.2, -0.15) is 0 Å². The lowest BCUT2D eigenvalue weighted by molar-refractivity contribution is 0.0848. The number of carbonyl (C=O) groups is 1. The number of rotatable bonds is 2. The fraction of sp³-hybridized carbons (Fsp3) is 0.174. The van der Waals surface area contributed by atoms with Gasteiger partial charge in [0.05, 0.1) is 29.0 Å². The molecule has 1 aliphatic heterocycles. The molecule has 1 aliphatic rings. The molecule has 2 aromatic carbocycles. The Kier molecular flexibility index (Phi) is 4.18. The largest absolute Gasteiger partial charge is 0.506 e. The third-order valence-electron chi connectivity index (χ3n) is 5.83. The minimum atomic E-state index is -1.40. The van der Waals surface area contributed by atoms with Gasteiger partial charge in [-0.25, -0.2) is 9.78 Å². The number of aromatic nitrogens is 2. The summed E-state index contributed by atoms with van der Waals surface area (Å²) in [4.78, 5) is 28.8.